The maximum atomic E-state index is 12.2. The van der Waals surface area contributed by atoms with Crippen LogP contribution < -0.4 is 15.9 Å². The Morgan fingerprint density at radius 2 is 1.89 bits per heavy atom. The molecule has 1 aromatic heterocycles. The number of ether oxygens (including phenoxy) is 1. The quantitative estimate of drug-likeness (QED) is 0.463. The van der Waals surface area contributed by atoms with Gasteiger partial charge in [0, 0.05) is 0 Å². The van der Waals surface area contributed by atoms with Gasteiger partial charge in [-0.3, -0.25) is 4.79 Å². The molecule has 0 bridgehead atoms. The number of hydrogen-bond donors (Lipinski definition) is 2. The molecule has 0 fully saturated rings. The lowest BCUT2D eigenvalue weighted by molar-refractivity contribution is -0.113. The molecule has 0 aliphatic carbocycles. The number of nitrogens with one attached hydrogen (secondary N) is 1. The summed E-state index contributed by atoms with van der Waals surface area (Å²) in [5, 5.41) is 11.9. The molecule has 0 radical (unpaired) electrons. The van der Waals surface area contributed by atoms with Gasteiger partial charge >= 0.3 is 0 Å². The van der Waals surface area contributed by atoms with Crippen LogP contribution in [0.25, 0.3) is 11.4 Å². The zero-order chi connectivity index (χ0) is 19.4. The Hall–Kier alpha value is -2.42. The highest BCUT2D eigenvalue weighted by Crippen LogP contribution is 2.31. The number of hydrogen-bond acceptors (Lipinski definition) is 6. The summed E-state index contributed by atoms with van der Waals surface area (Å²) < 4.78 is 6.64. The molecule has 140 valence electrons. The van der Waals surface area contributed by atoms with Crippen LogP contribution in [0.5, 0.6) is 5.75 Å². The van der Waals surface area contributed by atoms with Crippen molar-refractivity contribution in [1.82, 2.24) is 14.9 Å². The van der Waals surface area contributed by atoms with Gasteiger partial charge in [-0.1, -0.05) is 53.2 Å². The number of para-hydroxylation sites is 2. The Bertz CT molecular complexity index is 959. The smallest absolute Gasteiger partial charge is 0.234 e. The Morgan fingerprint density at radius 1 is 1.19 bits per heavy atom. The largest absolute Gasteiger partial charge is 0.496 e. The van der Waals surface area contributed by atoms with Gasteiger partial charge in [0.25, 0.3) is 0 Å². The van der Waals surface area contributed by atoms with E-state index in [-0.39, 0.29) is 11.7 Å². The summed E-state index contributed by atoms with van der Waals surface area (Å²) in [6, 6.07) is 12.3. The van der Waals surface area contributed by atoms with Crippen LogP contribution in [0.3, 0.4) is 0 Å². The molecule has 0 atom stereocenters. The van der Waals surface area contributed by atoms with Crippen molar-refractivity contribution in [3.8, 4) is 17.1 Å². The lowest BCUT2D eigenvalue weighted by Crippen LogP contribution is -2.17. The zero-order valence-electron chi connectivity index (χ0n) is 14.1. The highest BCUT2D eigenvalue weighted by Gasteiger charge is 2.17. The van der Waals surface area contributed by atoms with Crippen molar-refractivity contribution in [3.63, 3.8) is 0 Å². The van der Waals surface area contributed by atoms with Crippen LogP contribution in [0.15, 0.2) is 47.6 Å². The number of nitrogens with two attached hydrogens (primary N) is 1. The molecule has 3 aromatic rings. The van der Waals surface area contributed by atoms with Crippen LogP contribution in [-0.2, 0) is 4.79 Å². The van der Waals surface area contributed by atoms with Gasteiger partial charge in [0.1, 0.15) is 5.75 Å². The topological polar surface area (TPSA) is 95.1 Å². The standard InChI is InChI=1S/C17H15Cl2N5O2S/c1-26-13-8-3-2-5-10(13)16-22-23-17(24(16)20)27-9-14(25)21-15-11(18)6-4-7-12(15)19/h2-8H,9,20H2,1H3,(H,21,25). The van der Waals surface area contributed by atoms with Gasteiger partial charge in [0.2, 0.25) is 11.1 Å². The highest BCUT2D eigenvalue weighted by atomic mass is 35.5. The van der Waals surface area contributed by atoms with E-state index in [0.29, 0.717) is 38.0 Å². The number of rotatable bonds is 6. The second-order valence-electron chi connectivity index (χ2n) is 5.31. The molecule has 2 aromatic carbocycles. The average molecular weight is 424 g/mol. The molecule has 3 rings (SSSR count). The molecule has 27 heavy (non-hydrogen) atoms. The SMILES string of the molecule is COc1ccccc1-c1nnc(SCC(=O)Nc2c(Cl)cccc2Cl)n1N. The lowest BCUT2D eigenvalue weighted by atomic mass is 10.2. The number of halogens is 2. The Balaban J connectivity index is 1.71. The van der Waals surface area contributed by atoms with Crippen molar-refractivity contribution >= 4 is 46.6 Å². The van der Waals surface area contributed by atoms with E-state index < -0.39 is 0 Å². The summed E-state index contributed by atoms with van der Waals surface area (Å²) >= 11 is 13.2. The minimum absolute atomic E-state index is 0.0583. The normalized spacial score (nSPS) is 10.6. The molecule has 1 heterocycles. The van der Waals surface area contributed by atoms with Crippen molar-refractivity contribution in [1.29, 1.82) is 0 Å². The first kappa shape index (κ1) is 19.3. The van der Waals surface area contributed by atoms with Crippen LogP contribution in [0.4, 0.5) is 5.69 Å². The van der Waals surface area contributed by atoms with Crippen LogP contribution in [-0.4, -0.2) is 33.6 Å². The maximum absolute atomic E-state index is 12.2. The second kappa shape index (κ2) is 8.51. The molecule has 0 aliphatic heterocycles. The van der Waals surface area contributed by atoms with Gasteiger partial charge in [-0.15, -0.1) is 10.2 Å². The number of carbonyl (C=O) groups is 1. The number of aromatic nitrogens is 3. The first-order valence-corrected chi connectivity index (χ1v) is 9.46. The van der Waals surface area contributed by atoms with Crippen molar-refractivity contribution in [2.75, 3.05) is 24.0 Å². The van der Waals surface area contributed by atoms with E-state index >= 15 is 0 Å². The number of methoxy groups -OCH3 is 1. The lowest BCUT2D eigenvalue weighted by Gasteiger charge is -2.09. The first-order chi connectivity index (χ1) is 13.0. The summed E-state index contributed by atoms with van der Waals surface area (Å²) in [5.41, 5.74) is 1.07. The van der Waals surface area contributed by atoms with Gasteiger partial charge < -0.3 is 15.9 Å². The van der Waals surface area contributed by atoms with Gasteiger partial charge in [0.15, 0.2) is 5.82 Å². The fourth-order valence-corrected chi connectivity index (χ4v) is 3.46. The molecule has 7 nitrogen and oxygen atoms in total. The second-order valence-corrected chi connectivity index (χ2v) is 7.07. The Kier molecular flexibility index (Phi) is 6.10. The number of amides is 1. The van der Waals surface area contributed by atoms with E-state index in [1.54, 1.807) is 31.4 Å². The molecule has 10 heteroatoms. The molecule has 0 saturated heterocycles. The molecule has 1 amide bonds. The van der Waals surface area contributed by atoms with E-state index in [1.165, 1.54) is 4.68 Å². The van der Waals surface area contributed by atoms with Gasteiger partial charge in [0.05, 0.1) is 34.2 Å². The van der Waals surface area contributed by atoms with Crippen LogP contribution in [0.1, 0.15) is 0 Å². The summed E-state index contributed by atoms with van der Waals surface area (Å²) in [6.45, 7) is 0. The van der Waals surface area contributed by atoms with Crippen molar-refractivity contribution in [2.45, 2.75) is 5.16 Å². The van der Waals surface area contributed by atoms with Crippen LogP contribution in [0.2, 0.25) is 10.0 Å². The van der Waals surface area contributed by atoms with E-state index in [4.69, 9.17) is 33.8 Å². The number of thioether (sulfide) groups is 1. The summed E-state index contributed by atoms with van der Waals surface area (Å²) in [5.74, 6) is 6.91. The zero-order valence-corrected chi connectivity index (χ0v) is 16.5. The molecule has 3 N–H and O–H groups in total. The summed E-state index contributed by atoms with van der Waals surface area (Å²) in [6.07, 6.45) is 0. The molecular formula is C17H15Cl2N5O2S. The molecule has 0 unspecified atom stereocenters. The van der Waals surface area contributed by atoms with Gasteiger partial charge in [-0.25, -0.2) is 4.68 Å². The number of nitrogen functional groups attached to an aromatic ring is 1. The average Bonchev–Trinajstić information content (AvgIpc) is 3.03. The third-order valence-corrected chi connectivity index (χ3v) is 5.14. The van der Waals surface area contributed by atoms with Gasteiger partial charge in [-0.05, 0) is 24.3 Å². The fraction of sp³-hybridized carbons (Fsp3) is 0.118. The summed E-state index contributed by atoms with van der Waals surface area (Å²) in [4.78, 5) is 12.2. The van der Waals surface area contributed by atoms with E-state index in [1.807, 2.05) is 18.2 Å². The van der Waals surface area contributed by atoms with E-state index in [2.05, 4.69) is 15.5 Å². The predicted octanol–water partition coefficient (Wildman–Crippen LogP) is 3.71. The molecular weight excluding hydrogens is 409 g/mol. The number of nitrogens with zero attached hydrogens (tertiary/aromatic N) is 3. The monoisotopic (exact) mass is 423 g/mol. The minimum Gasteiger partial charge on any atom is -0.496 e. The van der Waals surface area contributed by atoms with Gasteiger partial charge in [-0.2, -0.15) is 0 Å². The third kappa shape index (κ3) is 4.29. The third-order valence-electron chi connectivity index (χ3n) is 3.57. The number of carbonyl (C=O) groups excluding carboxylic acids is 1. The van der Waals surface area contributed by atoms with Crippen LogP contribution >= 0.6 is 35.0 Å². The van der Waals surface area contributed by atoms with Crippen molar-refractivity contribution in [2.24, 2.45) is 0 Å². The fourth-order valence-electron chi connectivity index (χ4n) is 2.31. The van der Waals surface area contributed by atoms with Crippen molar-refractivity contribution in [3.05, 3.63) is 52.5 Å². The van der Waals surface area contributed by atoms with Crippen LogP contribution in [0, 0.1) is 0 Å². The molecule has 0 aliphatic rings. The highest BCUT2D eigenvalue weighted by molar-refractivity contribution is 7.99. The minimum atomic E-state index is -0.295. The first-order valence-electron chi connectivity index (χ1n) is 7.71. The number of benzene rings is 2. The predicted molar refractivity (Wildman–Crippen MR) is 108 cm³/mol. The molecule has 0 spiro atoms. The Labute approximate surface area is 169 Å². The number of anilines is 1. The van der Waals surface area contributed by atoms with E-state index in [9.17, 15) is 4.79 Å². The maximum Gasteiger partial charge on any atom is 0.234 e. The Morgan fingerprint density at radius 3 is 2.59 bits per heavy atom. The summed E-state index contributed by atoms with van der Waals surface area (Å²) in [7, 11) is 1.57. The van der Waals surface area contributed by atoms with E-state index in [0.717, 1.165) is 11.8 Å². The molecule has 0 saturated carbocycles. The van der Waals surface area contributed by atoms with Crippen molar-refractivity contribution < 1.29 is 9.53 Å².